The summed E-state index contributed by atoms with van der Waals surface area (Å²) in [5, 5.41) is 4.61. The van der Waals surface area contributed by atoms with E-state index in [1.54, 1.807) is 17.0 Å². The lowest BCUT2D eigenvalue weighted by Gasteiger charge is -2.32. The first kappa shape index (κ1) is 29.3. The highest BCUT2D eigenvalue weighted by Crippen LogP contribution is 2.42. The first-order valence-electron chi connectivity index (χ1n) is 14.4. The topological polar surface area (TPSA) is 86.8 Å². The van der Waals surface area contributed by atoms with Crippen molar-refractivity contribution in [3.63, 3.8) is 0 Å². The zero-order valence-corrected chi connectivity index (χ0v) is 25.1. The van der Waals surface area contributed by atoms with Gasteiger partial charge in [-0.25, -0.2) is 8.42 Å². The average Bonchev–Trinajstić information content (AvgIpc) is 3.19. The van der Waals surface area contributed by atoms with Crippen LogP contribution in [0, 0.1) is 6.92 Å². The second kappa shape index (κ2) is 12.4. The molecule has 0 aromatic heterocycles. The maximum absolute atomic E-state index is 14.0. The van der Waals surface area contributed by atoms with Crippen LogP contribution in [0.5, 0.6) is 0 Å². The molecule has 1 aliphatic rings. The number of anilines is 1. The molecule has 4 aromatic rings. The van der Waals surface area contributed by atoms with Gasteiger partial charge in [0.15, 0.2) is 0 Å². The van der Waals surface area contributed by atoms with Crippen LogP contribution in [0.3, 0.4) is 0 Å². The van der Waals surface area contributed by atoms with E-state index in [9.17, 15) is 18.0 Å². The summed E-state index contributed by atoms with van der Waals surface area (Å²) < 4.78 is 28.3. The molecular weight excluding hydrogens is 546 g/mol. The van der Waals surface area contributed by atoms with E-state index in [4.69, 9.17) is 0 Å². The summed E-state index contributed by atoms with van der Waals surface area (Å²) in [5.41, 5.74) is 3.60. The minimum absolute atomic E-state index is 0.0871. The minimum Gasteiger partial charge on any atom is -0.352 e. The van der Waals surface area contributed by atoms with Crippen LogP contribution >= 0.6 is 0 Å². The predicted molar refractivity (Wildman–Crippen MR) is 167 cm³/mol. The maximum Gasteiger partial charge on any atom is 0.265 e. The molecule has 1 atom stereocenters. The van der Waals surface area contributed by atoms with E-state index in [0.29, 0.717) is 23.4 Å². The Hall–Kier alpha value is -4.17. The zero-order valence-electron chi connectivity index (χ0n) is 24.3. The number of nitrogens with one attached hydrogen (secondary N) is 1. The fraction of sp³-hybridized carbons (Fsp3) is 0.294. The van der Waals surface area contributed by atoms with Gasteiger partial charge >= 0.3 is 0 Å². The molecule has 0 aliphatic carbocycles. The quantitative estimate of drug-likeness (QED) is 0.249. The van der Waals surface area contributed by atoms with Crippen molar-refractivity contribution in [3.05, 3.63) is 108 Å². The van der Waals surface area contributed by atoms with Gasteiger partial charge in [0, 0.05) is 37.4 Å². The molecular formula is C34H37N3O4S. The zero-order chi connectivity index (χ0) is 29.9. The van der Waals surface area contributed by atoms with Crippen LogP contribution < -0.4 is 9.62 Å². The van der Waals surface area contributed by atoms with Crippen LogP contribution in [0.25, 0.3) is 10.8 Å². The molecule has 218 valence electrons. The number of carbonyl (C=O) groups excluding carboxylic acids is 2. The Kier molecular flexibility index (Phi) is 8.64. The van der Waals surface area contributed by atoms with Crippen molar-refractivity contribution in [2.45, 2.75) is 63.6 Å². The molecule has 0 spiro atoms. The van der Waals surface area contributed by atoms with E-state index in [1.165, 1.54) is 4.31 Å². The number of sulfonamides is 1. The fourth-order valence-corrected chi connectivity index (χ4v) is 7.37. The molecule has 2 amide bonds. The summed E-state index contributed by atoms with van der Waals surface area (Å²) >= 11 is 0. The molecule has 42 heavy (non-hydrogen) atoms. The lowest BCUT2D eigenvalue weighted by molar-refractivity contribution is -0.141. The second-order valence-corrected chi connectivity index (χ2v) is 13.0. The Morgan fingerprint density at radius 3 is 2.29 bits per heavy atom. The molecule has 0 radical (unpaired) electrons. The Morgan fingerprint density at radius 2 is 1.57 bits per heavy atom. The van der Waals surface area contributed by atoms with Gasteiger partial charge in [-0.15, -0.1) is 0 Å². The predicted octanol–water partition coefficient (Wildman–Crippen LogP) is 5.60. The maximum atomic E-state index is 14.0. The monoisotopic (exact) mass is 583 g/mol. The van der Waals surface area contributed by atoms with Crippen molar-refractivity contribution < 1.29 is 18.0 Å². The van der Waals surface area contributed by atoms with Gasteiger partial charge in [0.05, 0.1) is 10.6 Å². The third-order valence-electron chi connectivity index (χ3n) is 7.74. The number of benzene rings is 4. The first-order valence-corrected chi connectivity index (χ1v) is 15.8. The third kappa shape index (κ3) is 6.04. The van der Waals surface area contributed by atoms with Gasteiger partial charge in [-0.05, 0) is 61.4 Å². The molecule has 1 N–H and O–H groups in total. The summed E-state index contributed by atoms with van der Waals surface area (Å²) in [6.07, 6.45) is 0.788. The molecule has 1 unspecified atom stereocenters. The van der Waals surface area contributed by atoms with Crippen molar-refractivity contribution in [1.29, 1.82) is 0 Å². The highest BCUT2D eigenvalue weighted by Gasteiger charge is 2.36. The average molecular weight is 584 g/mol. The number of nitrogens with zero attached hydrogens (tertiary/aromatic N) is 2. The highest BCUT2D eigenvalue weighted by molar-refractivity contribution is 7.93. The molecule has 0 fully saturated rings. The number of hydrogen-bond donors (Lipinski definition) is 1. The van der Waals surface area contributed by atoms with E-state index in [2.05, 4.69) is 5.32 Å². The normalized spacial score (nSPS) is 14.2. The van der Waals surface area contributed by atoms with Crippen LogP contribution in [0.1, 0.15) is 43.4 Å². The molecule has 8 heteroatoms. The smallest absolute Gasteiger partial charge is 0.265 e. The molecule has 0 saturated carbocycles. The number of aryl methyl sites for hydroxylation is 1. The molecule has 5 rings (SSSR count). The molecule has 7 nitrogen and oxygen atoms in total. The molecule has 4 aromatic carbocycles. The summed E-state index contributed by atoms with van der Waals surface area (Å²) in [7, 11) is -3.71. The molecule has 0 bridgehead atoms. The van der Waals surface area contributed by atoms with Gasteiger partial charge in [0.25, 0.3) is 10.0 Å². The first-order chi connectivity index (χ1) is 20.2. The lowest BCUT2D eigenvalue weighted by atomic mass is 10.0. The molecule has 1 heterocycles. The molecule has 0 saturated heterocycles. The van der Waals surface area contributed by atoms with Gasteiger partial charge in [-0.1, -0.05) is 78.9 Å². The Balaban J connectivity index is 1.40. The second-order valence-electron chi connectivity index (χ2n) is 11.1. The summed E-state index contributed by atoms with van der Waals surface area (Å²) in [4.78, 5) is 29.6. The van der Waals surface area contributed by atoms with Crippen LogP contribution in [0.2, 0.25) is 0 Å². The van der Waals surface area contributed by atoms with Crippen LogP contribution in [-0.4, -0.2) is 43.8 Å². The Labute approximate surface area is 248 Å². The molecule has 1 aliphatic heterocycles. The van der Waals surface area contributed by atoms with Crippen molar-refractivity contribution in [2.75, 3.05) is 10.8 Å². The third-order valence-corrected chi connectivity index (χ3v) is 9.59. The van der Waals surface area contributed by atoms with E-state index in [-0.39, 0.29) is 37.4 Å². The van der Waals surface area contributed by atoms with Gasteiger partial charge in [0.1, 0.15) is 6.04 Å². The van der Waals surface area contributed by atoms with Crippen molar-refractivity contribution in [2.24, 2.45) is 0 Å². The number of rotatable bonds is 11. The lowest BCUT2D eigenvalue weighted by Crippen LogP contribution is -2.52. The van der Waals surface area contributed by atoms with E-state index >= 15 is 0 Å². The Morgan fingerprint density at radius 1 is 0.881 bits per heavy atom. The van der Waals surface area contributed by atoms with Crippen LogP contribution in [-0.2, 0) is 32.6 Å². The summed E-state index contributed by atoms with van der Waals surface area (Å²) in [6, 6.07) is 27.6. The van der Waals surface area contributed by atoms with E-state index in [0.717, 1.165) is 27.5 Å². The van der Waals surface area contributed by atoms with E-state index < -0.39 is 16.1 Å². The fourth-order valence-electron chi connectivity index (χ4n) is 5.62. The SMILES string of the molecule is Cc1ccccc1CN(C(=O)CCCN1c2cccc3cccc(c23)S1(=O)=O)C(Cc1ccccc1)C(=O)NC(C)C. The van der Waals surface area contributed by atoms with Gasteiger partial charge in [0.2, 0.25) is 11.8 Å². The summed E-state index contributed by atoms with van der Waals surface area (Å²) in [6.45, 7) is 6.25. The number of hydrogen-bond acceptors (Lipinski definition) is 4. The Bertz CT molecular complexity index is 1700. The van der Waals surface area contributed by atoms with E-state index in [1.807, 2.05) is 99.6 Å². The van der Waals surface area contributed by atoms with Crippen LogP contribution in [0.15, 0.2) is 95.9 Å². The van der Waals surface area contributed by atoms with Crippen molar-refractivity contribution in [1.82, 2.24) is 10.2 Å². The van der Waals surface area contributed by atoms with Crippen molar-refractivity contribution in [3.8, 4) is 0 Å². The van der Waals surface area contributed by atoms with Crippen LogP contribution in [0.4, 0.5) is 5.69 Å². The number of carbonyl (C=O) groups is 2. The number of amides is 2. The van der Waals surface area contributed by atoms with Gasteiger partial charge in [-0.3, -0.25) is 13.9 Å². The minimum atomic E-state index is -3.71. The van der Waals surface area contributed by atoms with Crippen molar-refractivity contribution >= 4 is 38.3 Å². The highest BCUT2D eigenvalue weighted by atomic mass is 32.2. The van der Waals surface area contributed by atoms with Gasteiger partial charge < -0.3 is 10.2 Å². The van der Waals surface area contributed by atoms with Gasteiger partial charge in [-0.2, -0.15) is 0 Å². The standard InChI is InChI=1S/C34H37N3O4S/c1-24(2)35-34(39)30(22-26-13-5-4-6-14-26)36(23-28-15-8-7-12-25(28)3)32(38)20-11-21-37-29-18-9-16-27-17-10-19-31(33(27)29)42(37,40)41/h4-10,12-19,24,30H,11,20-23H2,1-3H3,(H,35,39). The largest absolute Gasteiger partial charge is 0.352 e. The summed E-state index contributed by atoms with van der Waals surface area (Å²) in [5.74, 6) is -0.398.